The van der Waals surface area contributed by atoms with Crippen LogP contribution in [0, 0.1) is 0 Å². The molecule has 0 radical (unpaired) electrons. The lowest BCUT2D eigenvalue weighted by atomic mass is 10.2. The van der Waals surface area contributed by atoms with Gasteiger partial charge in [-0.15, -0.1) is 0 Å². The summed E-state index contributed by atoms with van der Waals surface area (Å²) in [6.45, 7) is 9.47. The zero-order valence-corrected chi connectivity index (χ0v) is 21.1. The molecule has 0 saturated carbocycles. The van der Waals surface area contributed by atoms with Gasteiger partial charge in [0, 0.05) is 50.0 Å². The van der Waals surface area contributed by atoms with E-state index in [4.69, 9.17) is 9.47 Å². The second-order valence-corrected chi connectivity index (χ2v) is 8.19. The molecule has 1 saturated heterocycles. The Kier molecular flexibility index (Phi) is 8.87. The smallest absolute Gasteiger partial charge is 0.250 e. The summed E-state index contributed by atoms with van der Waals surface area (Å²) in [6, 6.07) is 16.2. The van der Waals surface area contributed by atoms with Gasteiger partial charge in [-0.1, -0.05) is 30.3 Å². The molecule has 0 bridgehead atoms. The van der Waals surface area contributed by atoms with Crippen LogP contribution in [0.25, 0.3) is 0 Å². The predicted molar refractivity (Wildman–Crippen MR) is 144 cm³/mol. The minimum Gasteiger partial charge on any atom is -0.496 e. The maximum absolute atomic E-state index is 5.60. The van der Waals surface area contributed by atoms with Gasteiger partial charge in [0.15, 0.2) is 0 Å². The standard InChI is InChI=1S/C26H34N8O2/c1-4-33(5-2)22-12-11-21(23(17-22)35-3)19-28-32-25-29-24(27-18-20-9-7-6-8-10-20)30-26(31-25)34-13-15-36-16-14-34/h6-12,17,19H,4-5,13-16,18H2,1-3H3,(H2,27,29,30,31,32). The van der Waals surface area contributed by atoms with E-state index >= 15 is 0 Å². The number of anilines is 4. The number of nitrogens with one attached hydrogen (secondary N) is 2. The highest BCUT2D eigenvalue weighted by molar-refractivity contribution is 5.85. The minimum absolute atomic E-state index is 0.358. The van der Waals surface area contributed by atoms with Crippen molar-refractivity contribution in [2.75, 3.05) is 67.0 Å². The molecule has 0 aliphatic carbocycles. The Bertz CT molecular complexity index is 1130. The molecule has 1 aliphatic rings. The van der Waals surface area contributed by atoms with Crippen LogP contribution in [-0.2, 0) is 11.3 Å². The number of methoxy groups -OCH3 is 1. The van der Waals surface area contributed by atoms with Gasteiger partial charge in [0.25, 0.3) is 0 Å². The SMILES string of the molecule is CCN(CC)c1ccc(C=NNc2nc(NCc3ccccc3)nc(N3CCOCC3)n2)c(OC)c1. The second-order valence-electron chi connectivity index (χ2n) is 8.19. The fourth-order valence-corrected chi connectivity index (χ4v) is 3.93. The molecule has 190 valence electrons. The lowest BCUT2D eigenvalue weighted by Gasteiger charge is -2.27. The molecule has 2 aromatic carbocycles. The second kappa shape index (κ2) is 12.7. The quantitative estimate of drug-likeness (QED) is 0.308. The summed E-state index contributed by atoms with van der Waals surface area (Å²) >= 11 is 0. The fraction of sp³-hybridized carbons (Fsp3) is 0.385. The van der Waals surface area contributed by atoms with Gasteiger partial charge in [-0.25, -0.2) is 5.43 Å². The van der Waals surface area contributed by atoms with Crippen molar-refractivity contribution in [3.8, 4) is 5.75 Å². The zero-order valence-electron chi connectivity index (χ0n) is 21.1. The molecule has 0 atom stereocenters. The lowest BCUT2D eigenvalue weighted by molar-refractivity contribution is 0.122. The van der Waals surface area contributed by atoms with Crippen LogP contribution in [-0.4, -0.2) is 67.7 Å². The molecule has 10 heteroatoms. The number of morpholine rings is 1. The Labute approximate surface area is 212 Å². The molecule has 2 heterocycles. The largest absolute Gasteiger partial charge is 0.496 e. The van der Waals surface area contributed by atoms with Crippen molar-refractivity contribution in [3.63, 3.8) is 0 Å². The number of rotatable bonds is 11. The van der Waals surface area contributed by atoms with Crippen molar-refractivity contribution < 1.29 is 9.47 Å². The number of hydrogen-bond donors (Lipinski definition) is 2. The van der Waals surface area contributed by atoms with Crippen molar-refractivity contribution in [3.05, 3.63) is 59.7 Å². The molecular weight excluding hydrogens is 456 g/mol. The topological polar surface area (TPSA) is 100 Å². The number of hydrazone groups is 1. The summed E-state index contributed by atoms with van der Waals surface area (Å²) in [5.74, 6) is 2.17. The van der Waals surface area contributed by atoms with Gasteiger partial charge in [-0.05, 0) is 31.5 Å². The molecule has 0 spiro atoms. The minimum atomic E-state index is 0.358. The molecular formula is C26H34N8O2. The number of ether oxygens (including phenoxy) is 2. The fourth-order valence-electron chi connectivity index (χ4n) is 3.93. The first-order chi connectivity index (χ1) is 17.7. The average molecular weight is 491 g/mol. The first kappa shape index (κ1) is 25.2. The highest BCUT2D eigenvalue weighted by Crippen LogP contribution is 2.25. The van der Waals surface area contributed by atoms with E-state index in [-0.39, 0.29) is 0 Å². The molecule has 4 rings (SSSR count). The summed E-state index contributed by atoms with van der Waals surface area (Å²) in [4.78, 5) is 18.1. The van der Waals surface area contributed by atoms with E-state index in [1.54, 1.807) is 13.3 Å². The van der Waals surface area contributed by atoms with Crippen LogP contribution < -0.4 is 25.3 Å². The first-order valence-corrected chi connectivity index (χ1v) is 12.3. The van der Waals surface area contributed by atoms with Gasteiger partial charge < -0.3 is 24.6 Å². The third-order valence-electron chi connectivity index (χ3n) is 5.92. The molecule has 1 fully saturated rings. The maximum atomic E-state index is 5.60. The number of hydrogen-bond acceptors (Lipinski definition) is 10. The Hall–Kier alpha value is -3.92. The van der Waals surface area contributed by atoms with Crippen molar-refractivity contribution >= 4 is 29.7 Å². The van der Waals surface area contributed by atoms with Crippen LogP contribution in [0.5, 0.6) is 5.75 Å². The van der Waals surface area contributed by atoms with Crippen LogP contribution in [0.15, 0.2) is 53.6 Å². The summed E-state index contributed by atoms with van der Waals surface area (Å²) < 4.78 is 11.1. The third kappa shape index (κ3) is 6.60. The van der Waals surface area contributed by atoms with E-state index in [2.05, 4.69) is 72.6 Å². The Balaban J connectivity index is 1.52. The van der Waals surface area contributed by atoms with Gasteiger partial charge in [0.2, 0.25) is 17.8 Å². The van der Waals surface area contributed by atoms with Crippen LogP contribution in [0.1, 0.15) is 25.0 Å². The Morgan fingerprint density at radius 1 is 1.03 bits per heavy atom. The number of benzene rings is 2. The monoisotopic (exact) mass is 490 g/mol. The predicted octanol–water partition coefficient (Wildman–Crippen LogP) is 3.62. The van der Waals surface area contributed by atoms with E-state index in [9.17, 15) is 0 Å². The van der Waals surface area contributed by atoms with E-state index in [1.165, 1.54) is 0 Å². The summed E-state index contributed by atoms with van der Waals surface area (Å²) in [7, 11) is 1.66. The van der Waals surface area contributed by atoms with Crippen LogP contribution in [0.3, 0.4) is 0 Å². The van der Waals surface area contributed by atoms with Gasteiger partial charge in [0.05, 0.1) is 26.5 Å². The molecule has 2 N–H and O–H groups in total. The molecule has 1 aliphatic heterocycles. The zero-order chi connectivity index (χ0) is 25.2. The first-order valence-electron chi connectivity index (χ1n) is 12.3. The highest BCUT2D eigenvalue weighted by atomic mass is 16.5. The average Bonchev–Trinajstić information content (AvgIpc) is 2.94. The third-order valence-corrected chi connectivity index (χ3v) is 5.92. The van der Waals surface area contributed by atoms with Crippen LogP contribution >= 0.6 is 0 Å². The van der Waals surface area contributed by atoms with Crippen LogP contribution in [0.4, 0.5) is 23.5 Å². The van der Waals surface area contributed by atoms with Crippen molar-refractivity contribution in [1.82, 2.24) is 15.0 Å². The van der Waals surface area contributed by atoms with Crippen molar-refractivity contribution in [1.29, 1.82) is 0 Å². The van der Waals surface area contributed by atoms with Crippen molar-refractivity contribution in [2.24, 2.45) is 5.10 Å². The van der Waals surface area contributed by atoms with Crippen LogP contribution in [0.2, 0.25) is 0 Å². The summed E-state index contributed by atoms with van der Waals surface area (Å²) in [5.41, 5.74) is 6.07. The normalized spacial score (nSPS) is 13.6. The highest BCUT2D eigenvalue weighted by Gasteiger charge is 2.16. The van der Waals surface area contributed by atoms with E-state index in [1.807, 2.05) is 30.3 Å². The van der Waals surface area contributed by atoms with Gasteiger partial charge in [0.1, 0.15) is 5.75 Å². The summed E-state index contributed by atoms with van der Waals surface area (Å²) in [6.07, 6.45) is 1.71. The molecule has 36 heavy (non-hydrogen) atoms. The molecule has 0 unspecified atom stereocenters. The van der Waals surface area contributed by atoms with Crippen molar-refractivity contribution in [2.45, 2.75) is 20.4 Å². The number of nitrogens with zero attached hydrogens (tertiary/aromatic N) is 6. The molecule has 1 aromatic heterocycles. The van der Waals surface area contributed by atoms with E-state index in [0.717, 1.165) is 48.7 Å². The number of aromatic nitrogens is 3. The molecule has 0 amide bonds. The molecule has 10 nitrogen and oxygen atoms in total. The lowest BCUT2D eigenvalue weighted by Crippen LogP contribution is -2.37. The Morgan fingerprint density at radius 2 is 1.78 bits per heavy atom. The maximum Gasteiger partial charge on any atom is 0.250 e. The Morgan fingerprint density at radius 3 is 2.50 bits per heavy atom. The van der Waals surface area contributed by atoms with Gasteiger partial charge >= 0.3 is 0 Å². The van der Waals surface area contributed by atoms with E-state index in [0.29, 0.717) is 37.6 Å². The van der Waals surface area contributed by atoms with E-state index < -0.39 is 0 Å². The van der Waals surface area contributed by atoms with Gasteiger partial charge in [-0.2, -0.15) is 20.1 Å². The summed E-state index contributed by atoms with van der Waals surface area (Å²) in [5, 5.41) is 7.69. The van der Waals surface area contributed by atoms with Gasteiger partial charge in [-0.3, -0.25) is 0 Å². The molecule has 3 aromatic rings.